The van der Waals surface area contributed by atoms with Gasteiger partial charge in [-0.15, -0.1) is 0 Å². The number of benzene rings is 1. The molecule has 1 aromatic rings. The number of amides is 2. The van der Waals surface area contributed by atoms with E-state index in [1.54, 1.807) is 19.1 Å². The minimum atomic E-state index is -0.328. The molecule has 0 aliphatic carbocycles. The molecule has 0 bridgehead atoms. The monoisotopic (exact) mass is 304 g/mol. The molecule has 0 saturated heterocycles. The molecule has 0 fully saturated rings. The van der Waals surface area contributed by atoms with Crippen LogP contribution in [0.15, 0.2) is 35.0 Å². The van der Waals surface area contributed by atoms with Crippen LogP contribution >= 0.6 is 8.58 Å². The van der Waals surface area contributed by atoms with Gasteiger partial charge in [-0.3, -0.25) is 14.6 Å². The van der Waals surface area contributed by atoms with Crippen molar-refractivity contribution in [3.63, 3.8) is 0 Å². The van der Waals surface area contributed by atoms with E-state index in [9.17, 15) is 9.59 Å². The van der Waals surface area contributed by atoms with Gasteiger partial charge in [-0.2, -0.15) is 0 Å². The number of fused-ring (bicyclic) bond motifs is 1. The van der Waals surface area contributed by atoms with Crippen molar-refractivity contribution in [1.29, 1.82) is 0 Å². The zero-order valence-corrected chi connectivity index (χ0v) is 12.9. The first-order chi connectivity index (χ1) is 10.0. The molecule has 1 heterocycles. The molecule has 1 atom stereocenters. The number of nitrogens with two attached hydrogens (primary N) is 1. The maximum Gasteiger partial charge on any atom is 0.273 e. The number of hydrogen-bond donors (Lipinski definition) is 3. The van der Waals surface area contributed by atoms with E-state index >= 15 is 0 Å². The summed E-state index contributed by atoms with van der Waals surface area (Å²) in [5.74, 6) is -0.398. The molecule has 1 aliphatic heterocycles. The van der Waals surface area contributed by atoms with Crippen molar-refractivity contribution in [2.24, 2.45) is 10.7 Å². The number of rotatable bonds is 3. The number of nitrogens with zero attached hydrogens (tertiary/aromatic N) is 1. The average molecular weight is 304 g/mol. The van der Waals surface area contributed by atoms with Crippen molar-refractivity contribution in [3.05, 3.63) is 35.5 Å². The maximum atomic E-state index is 12.1. The molecule has 0 aromatic heterocycles. The summed E-state index contributed by atoms with van der Waals surface area (Å²) < 4.78 is 0. The van der Waals surface area contributed by atoms with E-state index in [4.69, 9.17) is 5.73 Å². The first-order valence-electron chi connectivity index (χ1n) is 6.39. The molecule has 0 radical (unpaired) electrons. The molecule has 0 spiro atoms. The summed E-state index contributed by atoms with van der Waals surface area (Å²) in [6, 6.07) is 5.26. The fourth-order valence-corrected chi connectivity index (χ4v) is 3.01. The molecular formula is C14H17N4O2P. The van der Waals surface area contributed by atoms with Crippen molar-refractivity contribution in [2.75, 3.05) is 18.7 Å². The lowest BCUT2D eigenvalue weighted by molar-refractivity contribution is -0.110. The molecular weight excluding hydrogens is 287 g/mol. The van der Waals surface area contributed by atoms with Gasteiger partial charge in [0.05, 0.1) is 0 Å². The summed E-state index contributed by atoms with van der Waals surface area (Å²) >= 11 is 0. The highest BCUT2D eigenvalue weighted by atomic mass is 31.1. The van der Waals surface area contributed by atoms with Gasteiger partial charge < -0.3 is 16.4 Å². The minimum absolute atomic E-state index is 0.0703. The Morgan fingerprint density at radius 1 is 1.52 bits per heavy atom. The van der Waals surface area contributed by atoms with E-state index in [0.717, 1.165) is 5.30 Å². The van der Waals surface area contributed by atoms with Crippen LogP contribution in [0.4, 0.5) is 5.69 Å². The third-order valence-corrected chi connectivity index (χ3v) is 4.04. The lowest BCUT2D eigenvalue weighted by Crippen LogP contribution is -2.32. The van der Waals surface area contributed by atoms with Gasteiger partial charge in [0.2, 0.25) is 0 Å². The van der Waals surface area contributed by atoms with Gasteiger partial charge in [0.1, 0.15) is 5.71 Å². The molecule has 1 unspecified atom stereocenters. The predicted molar refractivity (Wildman–Crippen MR) is 86.7 cm³/mol. The third kappa shape index (κ3) is 3.67. The van der Waals surface area contributed by atoms with Crippen LogP contribution in [0, 0.1) is 0 Å². The SMILES string of the molecule is CN=C(C=C(C)N)C(=O)Nc1ccc2c(c1)PCNC2=O. The fourth-order valence-electron chi connectivity index (χ4n) is 1.92. The van der Waals surface area contributed by atoms with Crippen LogP contribution in [0.3, 0.4) is 0 Å². The molecule has 1 aromatic carbocycles. The Labute approximate surface area is 124 Å². The molecule has 7 heteroatoms. The van der Waals surface area contributed by atoms with Gasteiger partial charge in [-0.25, -0.2) is 0 Å². The van der Waals surface area contributed by atoms with Crippen molar-refractivity contribution < 1.29 is 9.59 Å². The third-order valence-electron chi connectivity index (χ3n) is 2.89. The van der Waals surface area contributed by atoms with Crippen LogP contribution in [-0.4, -0.2) is 30.9 Å². The van der Waals surface area contributed by atoms with E-state index in [1.165, 1.54) is 13.1 Å². The van der Waals surface area contributed by atoms with Crippen LogP contribution in [0.2, 0.25) is 0 Å². The Bertz CT molecular complexity index is 648. The summed E-state index contributed by atoms with van der Waals surface area (Å²) in [6.45, 7) is 1.69. The normalized spacial score (nSPS) is 16.4. The van der Waals surface area contributed by atoms with E-state index in [2.05, 4.69) is 15.6 Å². The zero-order valence-electron chi connectivity index (χ0n) is 11.9. The van der Waals surface area contributed by atoms with E-state index in [0.29, 0.717) is 31.8 Å². The summed E-state index contributed by atoms with van der Waals surface area (Å²) in [7, 11) is 2.03. The Morgan fingerprint density at radius 3 is 2.95 bits per heavy atom. The Balaban J connectivity index is 2.19. The van der Waals surface area contributed by atoms with Gasteiger partial charge in [-0.05, 0) is 36.5 Å². The number of aliphatic imine (C=N–C) groups is 1. The van der Waals surface area contributed by atoms with Gasteiger partial charge in [0.25, 0.3) is 11.8 Å². The fraction of sp³-hybridized carbons (Fsp3) is 0.214. The van der Waals surface area contributed by atoms with Crippen molar-refractivity contribution in [1.82, 2.24) is 5.32 Å². The number of carbonyl (C=O) groups excluding carboxylic acids is 2. The number of anilines is 1. The summed E-state index contributed by atoms with van der Waals surface area (Å²) in [4.78, 5) is 27.7. The first kappa shape index (κ1) is 15.2. The van der Waals surface area contributed by atoms with Crippen LogP contribution in [-0.2, 0) is 4.79 Å². The number of allylic oxidation sites excluding steroid dienone is 1. The smallest absolute Gasteiger partial charge is 0.273 e. The lowest BCUT2D eigenvalue weighted by Gasteiger charge is -2.17. The predicted octanol–water partition coefficient (Wildman–Crippen LogP) is 0.563. The van der Waals surface area contributed by atoms with Gasteiger partial charge in [0.15, 0.2) is 0 Å². The Hall–Kier alpha value is -2.20. The van der Waals surface area contributed by atoms with E-state index in [-0.39, 0.29) is 17.5 Å². The van der Waals surface area contributed by atoms with Crippen LogP contribution in [0.1, 0.15) is 17.3 Å². The second kappa shape index (κ2) is 6.50. The quantitative estimate of drug-likeness (QED) is 0.562. The van der Waals surface area contributed by atoms with Crippen molar-refractivity contribution >= 4 is 37.1 Å². The highest BCUT2D eigenvalue weighted by Gasteiger charge is 2.17. The summed E-state index contributed by atoms with van der Waals surface area (Å²) in [5.41, 5.74) is 7.64. The Morgan fingerprint density at radius 2 is 2.29 bits per heavy atom. The molecule has 2 rings (SSSR count). The highest BCUT2D eigenvalue weighted by molar-refractivity contribution is 7.47. The largest absolute Gasteiger partial charge is 0.402 e. The van der Waals surface area contributed by atoms with Crippen LogP contribution in [0.25, 0.3) is 0 Å². The zero-order chi connectivity index (χ0) is 15.4. The van der Waals surface area contributed by atoms with Gasteiger partial charge in [-0.1, -0.05) is 8.58 Å². The van der Waals surface area contributed by atoms with Crippen molar-refractivity contribution in [2.45, 2.75) is 6.92 Å². The van der Waals surface area contributed by atoms with Crippen LogP contribution < -0.4 is 21.7 Å². The lowest BCUT2D eigenvalue weighted by atomic mass is 10.2. The standard InChI is InChI=1S/C14H17N4O2P/c1-8(15)5-11(16-2)14(20)18-9-3-4-10-12(6-9)21-7-17-13(10)19/h3-6,21H,7,15H2,1-2H3,(H,17,19)(H,18,20). The maximum absolute atomic E-state index is 12.1. The van der Waals surface area contributed by atoms with E-state index in [1.807, 2.05) is 6.07 Å². The topological polar surface area (TPSA) is 96.6 Å². The average Bonchev–Trinajstić information content (AvgIpc) is 2.44. The molecule has 0 saturated carbocycles. The van der Waals surface area contributed by atoms with E-state index < -0.39 is 0 Å². The van der Waals surface area contributed by atoms with Gasteiger partial charge in [0, 0.05) is 30.3 Å². The summed E-state index contributed by atoms with van der Waals surface area (Å²) in [5, 5.41) is 6.51. The number of hydrogen-bond acceptors (Lipinski definition) is 4. The number of carbonyl (C=O) groups is 2. The van der Waals surface area contributed by atoms with Crippen molar-refractivity contribution in [3.8, 4) is 0 Å². The molecule has 2 amide bonds. The van der Waals surface area contributed by atoms with Gasteiger partial charge >= 0.3 is 0 Å². The Kier molecular flexibility index (Phi) is 4.70. The molecule has 4 N–H and O–H groups in total. The molecule has 6 nitrogen and oxygen atoms in total. The minimum Gasteiger partial charge on any atom is -0.402 e. The molecule has 110 valence electrons. The van der Waals surface area contributed by atoms with Crippen LogP contribution in [0.5, 0.6) is 0 Å². The number of nitrogens with one attached hydrogen (secondary N) is 2. The molecule has 21 heavy (non-hydrogen) atoms. The second-order valence-corrected chi connectivity index (χ2v) is 5.82. The molecule has 1 aliphatic rings. The summed E-state index contributed by atoms with van der Waals surface area (Å²) in [6.07, 6.45) is 2.16. The highest BCUT2D eigenvalue weighted by Crippen LogP contribution is 2.20. The second-order valence-electron chi connectivity index (χ2n) is 4.57. The first-order valence-corrected chi connectivity index (χ1v) is 7.60.